The third-order valence-electron chi connectivity index (χ3n) is 2.73. The van der Waals surface area contributed by atoms with Gasteiger partial charge in [0.2, 0.25) is 10.0 Å². The smallest absolute Gasteiger partial charge is 0.212 e. The fourth-order valence-electron chi connectivity index (χ4n) is 1.55. The van der Waals surface area contributed by atoms with Gasteiger partial charge in [-0.05, 0) is 24.7 Å². The number of hydrogen-bond acceptors (Lipinski definition) is 2. The molecule has 0 atom stereocenters. The summed E-state index contributed by atoms with van der Waals surface area (Å²) in [6.45, 7) is 6.64. The monoisotopic (exact) mass is 267 g/mol. The van der Waals surface area contributed by atoms with Crippen LogP contribution >= 0.6 is 11.6 Å². The Labute approximate surface area is 104 Å². The van der Waals surface area contributed by atoms with E-state index in [9.17, 15) is 8.42 Å². The molecule has 1 aliphatic rings. The summed E-state index contributed by atoms with van der Waals surface area (Å²) in [4.78, 5) is 0. The fraction of sp³-hybridized carbons (Fsp3) is 1.00. The minimum absolute atomic E-state index is 0.0588. The molecule has 96 valence electrons. The molecule has 0 N–H and O–H groups in total. The maximum absolute atomic E-state index is 12.1. The van der Waals surface area contributed by atoms with Gasteiger partial charge in [-0.15, -0.1) is 11.6 Å². The van der Waals surface area contributed by atoms with Gasteiger partial charge in [-0.25, -0.2) is 8.42 Å². The maximum atomic E-state index is 12.1. The summed E-state index contributed by atoms with van der Waals surface area (Å²) in [5, 5.41) is 0. The summed E-state index contributed by atoms with van der Waals surface area (Å²) >= 11 is 5.66. The Balaban J connectivity index is 2.59. The zero-order valence-corrected chi connectivity index (χ0v) is 11.9. The van der Waals surface area contributed by atoms with E-state index in [1.165, 1.54) is 0 Å². The number of halogens is 1. The molecular formula is C11H22ClNO2S. The minimum atomic E-state index is -3.11. The predicted octanol–water partition coefficient (Wildman–Crippen LogP) is 2.46. The average Bonchev–Trinajstić information content (AvgIpc) is 2.93. The molecule has 1 rings (SSSR count). The second-order valence-electron chi connectivity index (χ2n) is 5.66. The van der Waals surface area contributed by atoms with Crippen molar-refractivity contribution in [3.05, 3.63) is 0 Å². The van der Waals surface area contributed by atoms with E-state index < -0.39 is 10.0 Å². The maximum Gasteiger partial charge on any atom is 0.214 e. The van der Waals surface area contributed by atoms with E-state index in [2.05, 4.69) is 20.8 Å². The Hall–Kier alpha value is 0.200. The minimum Gasteiger partial charge on any atom is -0.212 e. The Bertz CT molecular complexity index is 317. The molecule has 1 saturated carbocycles. The Kier molecular flexibility index (Phi) is 4.66. The van der Waals surface area contributed by atoms with Gasteiger partial charge in [0, 0.05) is 18.5 Å². The lowest BCUT2D eigenvalue weighted by molar-refractivity contribution is 0.380. The van der Waals surface area contributed by atoms with E-state index >= 15 is 0 Å². The third-order valence-corrected chi connectivity index (χ3v) is 4.81. The van der Waals surface area contributed by atoms with E-state index in [1.807, 2.05) is 0 Å². The molecule has 5 heteroatoms. The van der Waals surface area contributed by atoms with Crippen LogP contribution in [0.1, 0.15) is 40.0 Å². The van der Waals surface area contributed by atoms with Crippen molar-refractivity contribution in [1.29, 1.82) is 0 Å². The lowest BCUT2D eigenvalue weighted by Gasteiger charge is -2.24. The van der Waals surface area contributed by atoms with Gasteiger partial charge >= 0.3 is 0 Å². The molecule has 0 bridgehead atoms. The van der Waals surface area contributed by atoms with Crippen LogP contribution in [0.5, 0.6) is 0 Å². The predicted molar refractivity (Wildman–Crippen MR) is 68.3 cm³/mol. The van der Waals surface area contributed by atoms with Crippen LogP contribution < -0.4 is 0 Å². The standard InChI is InChI=1S/C11H22ClNO2S/c1-11(2,3)6-9-16(14,15)13(8-7-12)10-4-5-10/h10H,4-9H2,1-3H3. The molecule has 0 aromatic heterocycles. The number of rotatable bonds is 6. The van der Waals surface area contributed by atoms with Crippen LogP contribution in [0.2, 0.25) is 0 Å². The largest absolute Gasteiger partial charge is 0.214 e. The van der Waals surface area contributed by atoms with E-state index in [4.69, 9.17) is 11.6 Å². The molecule has 0 aromatic carbocycles. The summed E-state index contributed by atoms with van der Waals surface area (Å²) in [7, 11) is -3.11. The molecule has 0 aliphatic heterocycles. The topological polar surface area (TPSA) is 37.4 Å². The van der Waals surface area contributed by atoms with E-state index in [0.717, 1.165) is 12.8 Å². The van der Waals surface area contributed by atoms with Gasteiger partial charge in [-0.3, -0.25) is 0 Å². The number of alkyl halides is 1. The van der Waals surface area contributed by atoms with Gasteiger partial charge in [0.15, 0.2) is 0 Å². The van der Waals surface area contributed by atoms with Crippen molar-refractivity contribution in [1.82, 2.24) is 4.31 Å². The molecule has 1 aliphatic carbocycles. The summed E-state index contributed by atoms with van der Waals surface area (Å²) in [5.74, 6) is 0.620. The third kappa shape index (κ3) is 4.60. The van der Waals surface area contributed by atoms with Crippen LogP contribution in [-0.2, 0) is 10.0 Å². The van der Waals surface area contributed by atoms with E-state index in [-0.39, 0.29) is 17.2 Å². The van der Waals surface area contributed by atoms with Crippen molar-refractivity contribution in [2.75, 3.05) is 18.2 Å². The van der Waals surface area contributed by atoms with Gasteiger partial charge in [-0.1, -0.05) is 20.8 Å². The van der Waals surface area contributed by atoms with Gasteiger partial charge in [0.05, 0.1) is 5.75 Å². The molecule has 0 radical (unpaired) electrons. The molecule has 0 aromatic rings. The van der Waals surface area contributed by atoms with Crippen LogP contribution in [0.4, 0.5) is 0 Å². The number of nitrogens with zero attached hydrogens (tertiary/aromatic N) is 1. The molecule has 0 heterocycles. The van der Waals surface area contributed by atoms with Gasteiger partial charge < -0.3 is 0 Å². The first-order valence-corrected chi connectivity index (χ1v) is 7.96. The van der Waals surface area contributed by atoms with Crippen LogP contribution in [0, 0.1) is 5.41 Å². The Morgan fingerprint density at radius 2 is 1.88 bits per heavy atom. The van der Waals surface area contributed by atoms with Crippen LogP contribution in [0.3, 0.4) is 0 Å². The summed E-state index contributed by atoms with van der Waals surface area (Å²) < 4.78 is 25.8. The molecule has 0 amide bonds. The highest BCUT2D eigenvalue weighted by atomic mass is 35.5. The van der Waals surface area contributed by atoms with E-state index in [0.29, 0.717) is 18.8 Å². The first-order chi connectivity index (χ1) is 7.26. The lowest BCUT2D eigenvalue weighted by Crippen LogP contribution is -2.37. The zero-order valence-electron chi connectivity index (χ0n) is 10.4. The van der Waals surface area contributed by atoms with Crippen LogP contribution in [0.15, 0.2) is 0 Å². The molecular weight excluding hydrogens is 246 g/mol. The van der Waals surface area contributed by atoms with Crippen molar-refractivity contribution < 1.29 is 8.42 Å². The van der Waals surface area contributed by atoms with Gasteiger partial charge in [0.1, 0.15) is 0 Å². The molecule has 3 nitrogen and oxygen atoms in total. The van der Waals surface area contributed by atoms with E-state index in [1.54, 1.807) is 4.31 Å². The zero-order chi connectivity index (χ0) is 12.4. The second-order valence-corrected chi connectivity index (χ2v) is 8.08. The van der Waals surface area contributed by atoms with Crippen molar-refractivity contribution in [2.24, 2.45) is 5.41 Å². The highest BCUT2D eigenvalue weighted by Crippen LogP contribution is 2.30. The summed E-state index contributed by atoms with van der Waals surface area (Å²) in [6.07, 6.45) is 2.68. The molecule has 1 fully saturated rings. The van der Waals surface area contributed by atoms with Crippen molar-refractivity contribution in [3.8, 4) is 0 Å². The average molecular weight is 268 g/mol. The van der Waals surface area contributed by atoms with Gasteiger partial charge in [0.25, 0.3) is 0 Å². The summed E-state index contributed by atoms with van der Waals surface area (Å²) in [6, 6.07) is 0.226. The molecule has 0 unspecified atom stereocenters. The number of hydrogen-bond donors (Lipinski definition) is 0. The van der Waals surface area contributed by atoms with Gasteiger partial charge in [-0.2, -0.15) is 4.31 Å². The summed E-state index contributed by atoms with van der Waals surface area (Å²) in [5.41, 5.74) is 0.0588. The fourth-order valence-corrected chi connectivity index (χ4v) is 3.97. The SMILES string of the molecule is CC(C)(C)CCS(=O)(=O)N(CCCl)C1CC1. The quantitative estimate of drug-likeness (QED) is 0.694. The molecule has 0 spiro atoms. The van der Waals surface area contributed by atoms with Crippen LogP contribution in [-0.4, -0.2) is 36.9 Å². The number of sulfonamides is 1. The van der Waals surface area contributed by atoms with Crippen molar-refractivity contribution in [3.63, 3.8) is 0 Å². The Morgan fingerprint density at radius 3 is 2.25 bits per heavy atom. The van der Waals surface area contributed by atoms with Crippen LogP contribution in [0.25, 0.3) is 0 Å². The first-order valence-electron chi connectivity index (χ1n) is 5.82. The second kappa shape index (κ2) is 5.23. The lowest BCUT2D eigenvalue weighted by atomic mass is 9.94. The van der Waals surface area contributed by atoms with Crippen molar-refractivity contribution in [2.45, 2.75) is 46.1 Å². The molecule has 16 heavy (non-hydrogen) atoms. The van der Waals surface area contributed by atoms with Crippen molar-refractivity contribution >= 4 is 21.6 Å². The molecule has 0 saturated heterocycles. The normalized spacial score (nSPS) is 18.1. The first kappa shape index (κ1) is 14.3. The highest BCUT2D eigenvalue weighted by molar-refractivity contribution is 7.89. The highest BCUT2D eigenvalue weighted by Gasteiger charge is 2.36. The Morgan fingerprint density at radius 1 is 1.31 bits per heavy atom.